The van der Waals surface area contributed by atoms with Crippen molar-refractivity contribution in [1.82, 2.24) is 15.1 Å². The Morgan fingerprint density at radius 2 is 2.09 bits per heavy atom. The summed E-state index contributed by atoms with van der Waals surface area (Å²) < 4.78 is 5.56. The normalized spacial score (nSPS) is 23.7. The van der Waals surface area contributed by atoms with Crippen molar-refractivity contribution >= 4 is 5.96 Å². The summed E-state index contributed by atoms with van der Waals surface area (Å²) in [6.07, 6.45) is 6.76. The van der Waals surface area contributed by atoms with E-state index in [1.54, 1.807) is 0 Å². The first-order valence-electron chi connectivity index (χ1n) is 8.98. The van der Waals surface area contributed by atoms with Crippen LogP contribution in [0.4, 0.5) is 0 Å². The summed E-state index contributed by atoms with van der Waals surface area (Å²) in [5.74, 6) is 1.71. The molecule has 0 aromatic heterocycles. The van der Waals surface area contributed by atoms with Gasteiger partial charge in [-0.15, -0.1) is 0 Å². The molecule has 1 aliphatic heterocycles. The number of nitrogens with zero attached hydrogens (tertiary/aromatic N) is 3. The van der Waals surface area contributed by atoms with Crippen molar-refractivity contribution in [3.8, 4) is 0 Å². The minimum atomic E-state index is 0.652. The van der Waals surface area contributed by atoms with E-state index in [1.165, 1.54) is 32.1 Å². The zero-order valence-corrected chi connectivity index (χ0v) is 14.7. The van der Waals surface area contributed by atoms with Crippen LogP contribution in [0.25, 0.3) is 0 Å². The Labute approximate surface area is 136 Å². The van der Waals surface area contributed by atoms with Gasteiger partial charge in [0.15, 0.2) is 5.96 Å². The molecule has 128 valence electrons. The van der Waals surface area contributed by atoms with Crippen LogP contribution in [0.3, 0.4) is 0 Å². The van der Waals surface area contributed by atoms with Crippen LogP contribution in [-0.4, -0.2) is 75.3 Å². The number of hydrogen-bond acceptors (Lipinski definition) is 3. The van der Waals surface area contributed by atoms with Crippen molar-refractivity contribution in [2.24, 2.45) is 10.9 Å². The number of aliphatic imine (C=N–C) groups is 1. The number of nitrogens with one attached hydrogen (secondary N) is 1. The fraction of sp³-hybridized carbons (Fsp3) is 0.941. The molecule has 22 heavy (non-hydrogen) atoms. The summed E-state index contributed by atoms with van der Waals surface area (Å²) in [4.78, 5) is 9.33. The molecule has 1 N–H and O–H groups in total. The van der Waals surface area contributed by atoms with Crippen LogP contribution in [0.1, 0.15) is 39.0 Å². The van der Waals surface area contributed by atoms with Gasteiger partial charge in [0.05, 0.1) is 6.61 Å². The second kappa shape index (κ2) is 9.36. The fourth-order valence-electron chi connectivity index (χ4n) is 3.65. The van der Waals surface area contributed by atoms with Gasteiger partial charge in [0.25, 0.3) is 0 Å². The molecule has 0 aromatic rings. The van der Waals surface area contributed by atoms with Crippen LogP contribution in [0.2, 0.25) is 0 Å². The topological polar surface area (TPSA) is 40.1 Å². The summed E-state index contributed by atoms with van der Waals surface area (Å²) in [5.41, 5.74) is 0. The van der Waals surface area contributed by atoms with Crippen molar-refractivity contribution in [3.63, 3.8) is 0 Å². The van der Waals surface area contributed by atoms with Gasteiger partial charge in [0.1, 0.15) is 0 Å². The third kappa shape index (κ3) is 5.13. The number of rotatable bonds is 7. The smallest absolute Gasteiger partial charge is 0.193 e. The monoisotopic (exact) mass is 310 g/mol. The van der Waals surface area contributed by atoms with Gasteiger partial charge in [-0.2, -0.15) is 0 Å². The average Bonchev–Trinajstić information content (AvgIpc) is 3.20. The standard InChI is InChI=1S/C17H34N4O/c1-4-22-14-15-9-11-21(13-15)17(18-2)19-10-12-20(3)16-7-5-6-8-16/h15-16H,4-14H2,1-3H3,(H,18,19). The van der Waals surface area contributed by atoms with Gasteiger partial charge in [0, 0.05) is 51.8 Å². The number of likely N-dealkylation sites (N-methyl/N-ethyl adjacent to an activating group) is 1. The molecule has 0 spiro atoms. The highest BCUT2D eigenvalue weighted by atomic mass is 16.5. The fourth-order valence-corrected chi connectivity index (χ4v) is 3.65. The molecule has 0 radical (unpaired) electrons. The minimum absolute atomic E-state index is 0.652. The number of likely N-dealkylation sites (tertiary alicyclic amines) is 1. The predicted octanol–water partition coefficient (Wildman–Crippen LogP) is 1.79. The van der Waals surface area contributed by atoms with E-state index >= 15 is 0 Å². The highest BCUT2D eigenvalue weighted by Crippen LogP contribution is 2.22. The zero-order valence-electron chi connectivity index (χ0n) is 14.7. The molecule has 1 saturated carbocycles. The SMILES string of the molecule is CCOCC1CCN(C(=NC)NCCN(C)C2CCCC2)C1. The summed E-state index contributed by atoms with van der Waals surface area (Å²) in [5, 5.41) is 3.54. The van der Waals surface area contributed by atoms with Crippen LogP contribution in [0.15, 0.2) is 4.99 Å². The van der Waals surface area contributed by atoms with Crippen molar-refractivity contribution in [3.05, 3.63) is 0 Å². The van der Waals surface area contributed by atoms with E-state index in [4.69, 9.17) is 4.74 Å². The van der Waals surface area contributed by atoms with Gasteiger partial charge in [-0.1, -0.05) is 12.8 Å². The molecule has 1 heterocycles. The second-order valence-corrected chi connectivity index (χ2v) is 6.65. The molecule has 2 rings (SSSR count). The molecule has 1 atom stereocenters. The van der Waals surface area contributed by atoms with Gasteiger partial charge >= 0.3 is 0 Å². The predicted molar refractivity (Wildman–Crippen MR) is 92.4 cm³/mol. The molecule has 1 aliphatic carbocycles. The highest BCUT2D eigenvalue weighted by molar-refractivity contribution is 5.80. The Kier molecular flexibility index (Phi) is 7.46. The van der Waals surface area contributed by atoms with Gasteiger partial charge < -0.3 is 19.9 Å². The van der Waals surface area contributed by atoms with E-state index in [1.807, 2.05) is 7.05 Å². The molecule has 5 nitrogen and oxygen atoms in total. The minimum Gasteiger partial charge on any atom is -0.381 e. The third-order valence-electron chi connectivity index (χ3n) is 5.05. The van der Waals surface area contributed by atoms with Crippen molar-refractivity contribution in [1.29, 1.82) is 0 Å². The maximum atomic E-state index is 5.56. The Morgan fingerprint density at radius 3 is 2.77 bits per heavy atom. The van der Waals surface area contributed by atoms with Crippen molar-refractivity contribution < 1.29 is 4.74 Å². The first kappa shape index (κ1) is 17.5. The second-order valence-electron chi connectivity index (χ2n) is 6.65. The molecule has 0 bridgehead atoms. The summed E-state index contributed by atoms with van der Waals surface area (Å²) >= 11 is 0. The molecular formula is C17H34N4O. The lowest BCUT2D eigenvalue weighted by atomic mass is 10.1. The third-order valence-corrected chi connectivity index (χ3v) is 5.05. The largest absolute Gasteiger partial charge is 0.381 e. The maximum Gasteiger partial charge on any atom is 0.193 e. The average molecular weight is 310 g/mol. The molecule has 5 heteroatoms. The molecule has 1 unspecified atom stereocenters. The van der Waals surface area contributed by atoms with E-state index < -0.39 is 0 Å². The molecule has 1 saturated heterocycles. The number of guanidine groups is 1. The lowest BCUT2D eigenvalue weighted by Crippen LogP contribution is -2.44. The molecule has 2 fully saturated rings. The number of hydrogen-bond donors (Lipinski definition) is 1. The van der Waals surface area contributed by atoms with Crippen LogP contribution >= 0.6 is 0 Å². The maximum absolute atomic E-state index is 5.56. The number of ether oxygens (including phenoxy) is 1. The van der Waals surface area contributed by atoms with Crippen LogP contribution in [0, 0.1) is 5.92 Å². The molecule has 2 aliphatic rings. The zero-order chi connectivity index (χ0) is 15.8. The van der Waals surface area contributed by atoms with E-state index in [2.05, 4.69) is 34.1 Å². The van der Waals surface area contributed by atoms with Gasteiger partial charge in [-0.25, -0.2) is 0 Å². The van der Waals surface area contributed by atoms with Crippen LogP contribution < -0.4 is 5.32 Å². The van der Waals surface area contributed by atoms with Gasteiger partial charge in [0.2, 0.25) is 0 Å². The Bertz CT molecular complexity index is 342. The van der Waals surface area contributed by atoms with E-state index in [9.17, 15) is 0 Å². The summed E-state index contributed by atoms with van der Waals surface area (Å²) in [6.45, 7) is 8.00. The van der Waals surface area contributed by atoms with E-state index in [0.29, 0.717) is 5.92 Å². The van der Waals surface area contributed by atoms with Crippen molar-refractivity contribution in [2.45, 2.75) is 45.1 Å². The Morgan fingerprint density at radius 1 is 1.32 bits per heavy atom. The van der Waals surface area contributed by atoms with E-state index in [0.717, 1.165) is 51.4 Å². The van der Waals surface area contributed by atoms with Crippen molar-refractivity contribution in [2.75, 3.05) is 53.5 Å². The Balaban J connectivity index is 1.67. The lowest BCUT2D eigenvalue weighted by molar-refractivity contribution is 0.114. The highest BCUT2D eigenvalue weighted by Gasteiger charge is 2.25. The quantitative estimate of drug-likeness (QED) is 0.575. The van der Waals surface area contributed by atoms with Crippen LogP contribution in [0.5, 0.6) is 0 Å². The van der Waals surface area contributed by atoms with E-state index in [-0.39, 0.29) is 0 Å². The summed E-state index contributed by atoms with van der Waals surface area (Å²) in [6, 6.07) is 0.797. The lowest BCUT2D eigenvalue weighted by Gasteiger charge is -2.26. The summed E-state index contributed by atoms with van der Waals surface area (Å²) in [7, 11) is 4.15. The first-order valence-corrected chi connectivity index (χ1v) is 8.98. The van der Waals surface area contributed by atoms with Crippen LogP contribution in [-0.2, 0) is 4.74 Å². The van der Waals surface area contributed by atoms with Gasteiger partial charge in [-0.3, -0.25) is 4.99 Å². The molecule has 0 aromatic carbocycles. The molecular weight excluding hydrogens is 276 g/mol. The first-order chi connectivity index (χ1) is 10.7. The molecule has 0 amide bonds. The van der Waals surface area contributed by atoms with Gasteiger partial charge in [-0.05, 0) is 33.2 Å². The Hall–Kier alpha value is -0.810.